The smallest absolute Gasteiger partial charge is 0.323 e. The van der Waals surface area contributed by atoms with Gasteiger partial charge in [0, 0.05) is 11.6 Å². The van der Waals surface area contributed by atoms with Crippen LogP contribution < -0.4 is 4.90 Å². The van der Waals surface area contributed by atoms with Crippen molar-refractivity contribution in [1.82, 2.24) is 0 Å². The summed E-state index contributed by atoms with van der Waals surface area (Å²) in [5.41, 5.74) is 1.59. The van der Waals surface area contributed by atoms with E-state index < -0.39 is 5.97 Å². The third-order valence-electron chi connectivity index (χ3n) is 3.30. The number of aryl methyl sites for hydroxylation is 1. The highest BCUT2D eigenvalue weighted by Crippen LogP contribution is 2.23. The number of nitrogens with zero attached hydrogens (tertiary/aromatic N) is 1. The third-order valence-corrected chi connectivity index (χ3v) is 3.30. The van der Waals surface area contributed by atoms with Crippen molar-refractivity contribution in [3.8, 4) is 0 Å². The fraction of sp³-hybridized carbons (Fsp3) is 0.467. The molecule has 0 fully saturated rings. The largest absolute Gasteiger partial charge is 0.480 e. The summed E-state index contributed by atoms with van der Waals surface area (Å²) < 4.78 is 0. The van der Waals surface area contributed by atoms with Crippen LogP contribution in [-0.2, 0) is 9.59 Å². The van der Waals surface area contributed by atoms with Crippen LogP contribution in [0.4, 0.5) is 5.69 Å². The predicted molar refractivity (Wildman–Crippen MR) is 75.2 cm³/mol. The fourth-order valence-electron chi connectivity index (χ4n) is 2.14. The predicted octanol–water partition coefficient (Wildman–Crippen LogP) is 2.85. The van der Waals surface area contributed by atoms with Crippen LogP contribution in [0.15, 0.2) is 24.3 Å². The van der Waals surface area contributed by atoms with Crippen LogP contribution in [0.1, 0.15) is 32.3 Å². The van der Waals surface area contributed by atoms with Gasteiger partial charge in [0.1, 0.15) is 6.54 Å². The van der Waals surface area contributed by atoms with E-state index in [0.717, 1.165) is 18.4 Å². The number of anilines is 1. The van der Waals surface area contributed by atoms with Gasteiger partial charge in [0.25, 0.3) is 0 Å². The summed E-state index contributed by atoms with van der Waals surface area (Å²) in [5.74, 6) is -1.23. The molecule has 4 nitrogen and oxygen atoms in total. The standard InChI is InChI=1S/C15H21NO3/c1-4-12(5-2)15(19)16(10-14(17)18)13-9-7-6-8-11(13)3/h6-9,12H,4-5,10H2,1-3H3,(H,17,18). The molecule has 104 valence electrons. The van der Waals surface area contributed by atoms with E-state index in [9.17, 15) is 9.59 Å². The summed E-state index contributed by atoms with van der Waals surface area (Å²) in [6, 6.07) is 7.36. The van der Waals surface area contributed by atoms with Gasteiger partial charge in [0.05, 0.1) is 0 Å². The second-order valence-electron chi connectivity index (χ2n) is 4.62. The quantitative estimate of drug-likeness (QED) is 0.858. The molecule has 1 N–H and O–H groups in total. The molecule has 1 aromatic carbocycles. The number of hydrogen-bond donors (Lipinski definition) is 1. The van der Waals surface area contributed by atoms with Crippen molar-refractivity contribution in [3.63, 3.8) is 0 Å². The highest BCUT2D eigenvalue weighted by Gasteiger charge is 2.25. The molecular formula is C15H21NO3. The second-order valence-corrected chi connectivity index (χ2v) is 4.62. The Kier molecular flexibility index (Phi) is 5.55. The minimum atomic E-state index is -0.998. The van der Waals surface area contributed by atoms with Crippen LogP contribution >= 0.6 is 0 Å². The molecule has 0 heterocycles. The molecule has 0 atom stereocenters. The first kappa shape index (κ1) is 15.2. The minimum absolute atomic E-state index is 0.110. The van der Waals surface area contributed by atoms with Crippen molar-refractivity contribution in [1.29, 1.82) is 0 Å². The molecule has 4 heteroatoms. The van der Waals surface area contributed by atoms with E-state index in [1.165, 1.54) is 4.90 Å². The van der Waals surface area contributed by atoms with Gasteiger partial charge in [-0.25, -0.2) is 0 Å². The molecule has 0 spiro atoms. The zero-order valence-corrected chi connectivity index (χ0v) is 11.7. The van der Waals surface area contributed by atoms with Gasteiger partial charge in [-0.15, -0.1) is 0 Å². The molecule has 1 rings (SSSR count). The van der Waals surface area contributed by atoms with Gasteiger partial charge in [0.2, 0.25) is 5.91 Å². The second kappa shape index (κ2) is 6.92. The van der Waals surface area contributed by atoms with Crippen molar-refractivity contribution < 1.29 is 14.7 Å². The lowest BCUT2D eigenvalue weighted by Crippen LogP contribution is -2.40. The van der Waals surface area contributed by atoms with Crippen molar-refractivity contribution >= 4 is 17.6 Å². The van der Waals surface area contributed by atoms with Gasteiger partial charge >= 0.3 is 5.97 Å². The average molecular weight is 263 g/mol. The number of hydrogen-bond acceptors (Lipinski definition) is 2. The van der Waals surface area contributed by atoms with E-state index in [1.54, 1.807) is 6.07 Å². The van der Waals surface area contributed by atoms with E-state index in [4.69, 9.17) is 5.11 Å². The van der Waals surface area contributed by atoms with Gasteiger partial charge in [-0.2, -0.15) is 0 Å². The molecular weight excluding hydrogens is 242 g/mol. The Bertz CT molecular complexity index is 452. The lowest BCUT2D eigenvalue weighted by Gasteiger charge is -2.26. The van der Waals surface area contributed by atoms with E-state index in [1.807, 2.05) is 39.0 Å². The summed E-state index contributed by atoms with van der Waals surface area (Å²) in [4.78, 5) is 24.8. The maximum absolute atomic E-state index is 12.5. The van der Waals surface area contributed by atoms with Crippen molar-refractivity contribution in [2.24, 2.45) is 5.92 Å². The van der Waals surface area contributed by atoms with E-state index in [0.29, 0.717) is 5.69 Å². The zero-order valence-electron chi connectivity index (χ0n) is 11.7. The maximum atomic E-state index is 12.5. The summed E-state index contributed by atoms with van der Waals surface area (Å²) in [5, 5.41) is 9.02. The first-order valence-corrected chi connectivity index (χ1v) is 6.60. The number of amides is 1. The molecule has 0 unspecified atom stereocenters. The third kappa shape index (κ3) is 3.81. The number of aliphatic carboxylic acids is 1. The molecule has 0 aliphatic heterocycles. The molecule has 0 aliphatic rings. The highest BCUT2D eigenvalue weighted by atomic mass is 16.4. The molecule has 0 saturated heterocycles. The first-order valence-electron chi connectivity index (χ1n) is 6.60. The van der Waals surface area contributed by atoms with Crippen LogP contribution in [-0.4, -0.2) is 23.5 Å². The number of carbonyl (C=O) groups is 2. The van der Waals surface area contributed by atoms with Gasteiger partial charge in [-0.3, -0.25) is 9.59 Å². The van der Waals surface area contributed by atoms with Gasteiger partial charge in [0.15, 0.2) is 0 Å². The first-order chi connectivity index (χ1) is 9.01. The van der Waals surface area contributed by atoms with Crippen molar-refractivity contribution in [3.05, 3.63) is 29.8 Å². The Morgan fingerprint density at radius 3 is 2.26 bits per heavy atom. The van der Waals surface area contributed by atoms with Crippen LogP contribution in [0.2, 0.25) is 0 Å². The molecule has 1 aromatic rings. The Labute approximate surface area is 114 Å². The number of carbonyl (C=O) groups excluding carboxylic acids is 1. The lowest BCUT2D eigenvalue weighted by atomic mass is 10.0. The molecule has 0 saturated carbocycles. The molecule has 1 amide bonds. The molecule has 0 aromatic heterocycles. The molecule has 0 aliphatic carbocycles. The molecule has 0 radical (unpaired) electrons. The summed E-state index contributed by atoms with van der Waals surface area (Å²) in [6.07, 6.45) is 1.44. The average Bonchev–Trinajstić information content (AvgIpc) is 2.38. The van der Waals surface area contributed by atoms with Crippen LogP contribution in [0.3, 0.4) is 0 Å². The van der Waals surface area contributed by atoms with Gasteiger partial charge in [-0.05, 0) is 31.4 Å². The van der Waals surface area contributed by atoms with Crippen LogP contribution in [0.25, 0.3) is 0 Å². The minimum Gasteiger partial charge on any atom is -0.480 e. The van der Waals surface area contributed by atoms with Crippen molar-refractivity contribution in [2.75, 3.05) is 11.4 Å². The number of para-hydroxylation sites is 1. The Hall–Kier alpha value is -1.84. The highest BCUT2D eigenvalue weighted by molar-refractivity contribution is 5.99. The number of rotatable bonds is 6. The van der Waals surface area contributed by atoms with Crippen LogP contribution in [0.5, 0.6) is 0 Å². The maximum Gasteiger partial charge on any atom is 0.323 e. The lowest BCUT2D eigenvalue weighted by molar-refractivity contribution is -0.137. The summed E-state index contributed by atoms with van der Waals surface area (Å²) >= 11 is 0. The van der Waals surface area contributed by atoms with E-state index >= 15 is 0 Å². The van der Waals surface area contributed by atoms with E-state index in [-0.39, 0.29) is 18.4 Å². The molecule has 19 heavy (non-hydrogen) atoms. The Morgan fingerprint density at radius 1 is 1.21 bits per heavy atom. The summed E-state index contributed by atoms with van der Waals surface area (Å²) in [7, 11) is 0. The van der Waals surface area contributed by atoms with Gasteiger partial charge in [-0.1, -0.05) is 32.0 Å². The number of carboxylic acids is 1. The normalized spacial score (nSPS) is 10.5. The van der Waals surface area contributed by atoms with Gasteiger partial charge < -0.3 is 10.0 Å². The van der Waals surface area contributed by atoms with Crippen LogP contribution in [0, 0.1) is 12.8 Å². The Balaban J connectivity index is 3.11. The Morgan fingerprint density at radius 2 is 1.79 bits per heavy atom. The van der Waals surface area contributed by atoms with Crippen molar-refractivity contribution in [2.45, 2.75) is 33.6 Å². The monoisotopic (exact) mass is 263 g/mol. The van der Waals surface area contributed by atoms with E-state index in [2.05, 4.69) is 0 Å². The number of carboxylic acid groups (broad SMARTS) is 1. The summed E-state index contributed by atoms with van der Waals surface area (Å²) in [6.45, 7) is 5.48. The zero-order chi connectivity index (χ0) is 14.4. The molecule has 0 bridgehead atoms. The fourth-order valence-corrected chi connectivity index (χ4v) is 2.14. The SMILES string of the molecule is CCC(CC)C(=O)N(CC(=O)O)c1ccccc1C. The topological polar surface area (TPSA) is 57.6 Å². The number of benzene rings is 1.